The predicted octanol–water partition coefficient (Wildman–Crippen LogP) is 1.88. The molecule has 1 aromatic rings. The van der Waals surface area contributed by atoms with E-state index >= 15 is 0 Å². The van der Waals surface area contributed by atoms with Gasteiger partial charge in [0.2, 0.25) is 5.91 Å². The number of alkyl carbamates (subject to hydrolysis) is 1. The molecule has 2 N–H and O–H groups in total. The molecule has 1 aliphatic rings. The second-order valence-corrected chi connectivity index (χ2v) is 6.15. The minimum absolute atomic E-state index is 0.105. The predicted molar refractivity (Wildman–Crippen MR) is 86.4 cm³/mol. The molecule has 0 saturated carbocycles. The summed E-state index contributed by atoms with van der Waals surface area (Å²) < 4.78 is 10.3. The minimum atomic E-state index is -0.611. The van der Waals surface area contributed by atoms with Crippen LogP contribution in [-0.2, 0) is 16.0 Å². The van der Waals surface area contributed by atoms with E-state index in [-0.39, 0.29) is 17.9 Å². The SMILES string of the molecule is COC(=O)N[C@@H](CC(C)C)C(=O)N[C@H]1COc2ccccc2C1. The Kier molecular flexibility index (Phi) is 5.84. The molecule has 2 rings (SSSR count). The van der Waals surface area contributed by atoms with Crippen LogP contribution in [0.5, 0.6) is 5.75 Å². The first-order valence-corrected chi connectivity index (χ1v) is 7.85. The highest BCUT2D eigenvalue weighted by Gasteiger charge is 2.27. The molecule has 6 nitrogen and oxygen atoms in total. The van der Waals surface area contributed by atoms with Crippen molar-refractivity contribution in [3.8, 4) is 5.75 Å². The van der Waals surface area contributed by atoms with E-state index in [0.29, 0.717) is 19.4 Å². The molecule has 23 heavy (non-hydrogen) atoms. The van der Waals surface area contributed by atoms with E-state index in [0.717, 1.165) is 11.3 Å². The number of carbonyl (C=O) groups excluding carboxylic acids is 2. The Morgan fingerprint density at radius 2 is 2.09 bits per heavy atom. The largest absolute Gasteiger partial charge is 0.491 e. The molecule has 0 aromatic heterocycles. The molecule has 0 fully saturated rings. The van der Waals surface area contributed by atoms with Crippen LogP contribution >= 0.6 is 0 Å². The van der Waals surface area contributed by atoms with Crippen LogP contribution in [0.4, 0.5) is 4.79 Å². The smallest absolute Gasteiger partial charge is 0.407 e. The Bertz CT molecular complexity index is 559. The molecule has 1 aromatic carbocycles. The first-order valence-electron chi connectivity index (χ1n) is 7.85. The lowest BCUT2D eigenvalue weighted by Crippen LogP contribution is -2.52. The van der Waals surface area contributed by atoms with E-state index in [2.05, 4.69) is 15.4 Å². The molecule has 126 valence electrons. The Labute approximate surface area is 136 Å². The number of methoxy groups -OCH3 is 1. The normalized spacial score (nSPS) is 17.7. The lowest BCUT2D eigenvalue weighted by molar-refractivity contribution is -0.124. The van der Waals surface area contributed by atoms with Gasteiger partial charge in [0.05, 0.1) is 13.2 Å². The summed E-state index contributed by atoms with van der Waals surface area (Å²) in [6.45, 7) is 4.42. The highest BCUT2D eigenvalue weighted by Crippen LogP contribution is 2.23. The minimum Gasteiger partial charge on any atom is -0.491 e. The number of para-hydroxylation sites is 1. The van der Waals surface area contributed by atoms with Gasteiger partial charge in [-0.15, -0.1) is 0 Å². The third kappa shape index (κ3) is 4.87. The van der Waals surface area contributed by atoms with Crippen molar-refractivity contribution in [2.75, 3.05) is 13.7 Å². The van der Waals surface area contributed by atoms with Crippen LogP contribution in [0.2, 0.25) is 0 Å². The quantitative estimate of drug-likeness (QED) is 0.868. The highest BCUT2D eigenvalue weighted by atomic mass is 16.5. The standard InChI is InChI=1S/C17H24N2O4/c1-11(2)8-14(19-17(21)22-3)16(20)18-13-9-12-6-4-5-7-15(12)23-10-13/h4-7,11,13-14H,8-10H2,1-3H3,(H,18,20)(H,19,21)/t13-,14+/m1/s1. The topological polar surface area (TPSA) is 76.7 Å². The zero-order valence-corrected chi connectivity index (χ0v) is 13.8. The van der Waals surface area contributed by atoms with E-state index in [1.54, 1.807) is 0 Å². The van der Waals surface area contributed by atoms with Crippen molar-refractivity contribution in [2.45, 2.75) is 38.8 Å². The summed E-state index contributed by atoms with van der Waals surface area (Å²) in [5.41, 5.74) is 1.07. The van der Waals surface area contributed by atoms with E-state index in [9.17, 15) is 9.59 Å². The molecule has 0 unspecified atom stereocenters. The van der Waals surface area contributed by atoms with Crippen molar-refractivity contribution in [1.82, 2.24) is 10.6 Å². The fraction of sp³-hybridized carbons (Fsp3) is 0.529. The molecule has 0 spiro atoms. The van der Waals surface area contributed by atoms with Crippen LogP contribution in [0.25, 0.3) is 0 Å². The van der Waals surface area contributed by atoms with Crippen LogP contribution in [0, 0.1) is 5.92 Å². The van der Waals surface area contributed by atoms with Crippen LogP contribution in [0.1, 0.15) is 25.8 Å². The summed E-state index contributed by atoms with van der Waals surface area (Å²) in [4.78, 5) is 23.9. The van der Waals surface area contributed by atoms with Gasteiger partial charge in [-0.3, -0.25) is 4.79 Å². The first-order chi connectivity index (χ1) is 11.0. The Balaban J connectivity index is 1.97. The van der Waals surface area contributed by atoms with Crippen LogP contribution in [0.15, 0.2) is 24.3 Å². The zero-order chi connectivity index (χ0) is 16.8. The van der Waals surface area contributed by atoms with Crippen molar-refractivity contribution < 1.29 is 19.1 Å². The number of rotatable bonds is 5. The number of amides is 2. The number of ether oxygens (including phenoxy) is 2. The van der Waals surface area contributed by atoms with Crippen LogP contribution in [-0.4, -0.2) is 37.8 Å². The third-order valence-electron chi connectivity index (χ3n) is 3.73. The number of nitrogens with one attached hydrogen (secondary N) is 2. The summed E-state index contributed by atoms with van der Waals surface area (Å²) in [5, 5.41) is 5.55. The fourth-order valence-electron chi connectivity index (χ4n) is 2.63. The van der Waals surface area contributed by atoms with E-state index in [4.69, 9.17) is 4.74 Å². The van der Waals surface area contributed by atoms with Gasteiger partial charge in [-0.05, 0) is 30.4 Å². The van der Waals surface area contributed by atoms with E-state index in [1.165, 1.54) is 7.11 Å². The maximum Gasteiger partial charge on any atom is 0.407 e. The van der Waals surface area contributed by atoms with Gasteiger partial charge in [-0.1, -0.05) is 32.0 Å². The van der Waals surface area contributed by atoms with Gasteiger partial charge in [0, 0.05) is 0 Å². The summed E-state index contributed by atoms with van der Waals surface area (Å²) in [7, 11) is 1.28. The van der Waals surface area contributed by atoms with Gasteiger partial charge in [0.1, 0.15) is 18.4 Å². The van der Waals surface area contributed by atoms with Gasteiger partial charge < -0.3 is 20.1 Å². The van der Waals surface area contributed by atoms with E-state index in [1.807, 2.05) is 38.1 Å². The molecular weight excluding hydrogens is 296 g/mol. The number of carbonyl (C=O) groups is 2. The number of fused-ring (bicyclic) bond motifs is 1. The van der Waals surface area contributed by atoms with Crippen LogP contribution in [0.3, 0.4) is 0 Å². The molecule has 6 heteroatoms. The Hall–Kier alpha value is -2.24. The second kappa shape index (κ2) is 7.85. The molecule has 1 heterocycles. The monoisotopic (exact) mass is 320 g/mol. The molecule has 0 saturated heterocycles. The molecular formula is C17H24N2O4. The third-order valence-corrected chi connectivity index (χ3v) is 3.73. The Morgan fingerprint density at radius 3 is 2.78 bits per heavy atom. The molecule has 2 atom stereocenters. The Morgan fingerprint density at radius 1 is 1.35 bits per heavy atom. The van der Waals surface area contributed by atoms with Crippen molar-refractivity contribution in [1.29, 1.82) is 0 Å². The van der Waals surface area contributed by atoms with E-state index < -0.39 is 12.1 Å². The molecule has 2 amide bonds. The summed E-state index contributed by atoms with van der Waals surface area (Å²) in [5.74, 6) is 0.924. The van der Waals surface area contributed by atoms with Crippen molar-refractivity contribution in [2.24, 2.45) is 5.92 Å². The van der Waals surface area contributed by atoms with Crippen molar-refractivity contribution >= 4 is 12.0 Å². The molecule has 0 radical (unpaired) electrons. The lowest BCUT2D eigenvalue weighted by Gasteiger charge is -2.28. The number of hydrogen-bond donors (Lipinski definition) is 2. The maximum atomic E-state index is 12.5. The average Bonchev–Trinajstić information content (AvgIpc) is 2.53. The maximum absolute atomic E-state index is 12.5. The first kappa shape index (κ1) is 17.1. The van der Waals surface area contributed by atoms with Crippen molar-refractivity contribution in [3.63, 3.8) is 0 Å². The summed E-state index contributed by atoms with van der Waals surface area (Å²) in [6.07, 6.45) is 0.663. The molecule has 0 bridgehead atoms. The summed E-state index contributed by atoms with van der Waals surface area (Å²) in [6, 6.07) is 7.08. The fourth-order valence-corrected chi connectivity index (χ4v) is 2.63. The average molecular weight is 320 g/mol. The summed E-state index contributed by atoms with van der Waals surface area (Å²) >= 11 is 0. The van der Waals surface area contributed by atoms with Gasteiger partial charge in [-0.25, -0.2) is 4.79 Å². The highest BCUT2D eigenvalue weighted by molar-refractivity contribution is 5.85. The number of benzene rings is 1. The van der Waals surface area contributed by atoms with Gasteiger partial charge >= 0.3 is 6.09 Å². The van der Waals surface area contributed by atoms with Crippen LogP contribution < -0.4 is 15.4 Å². The zero-order valence-electron chi connectivity index (χ0n) is 13.8. The van der Waals surface area contributed by atoms with Crippen molar-refractivity contribution in [3.05, 3.63) is 29.8 Å². The van der Waals surface area contributed by atoms with Gasteiger partial charge in [-0.2, -0.15) is 0 Å². The second-order valence-electron chi connectivity index (χ2n) is 6.15. The molecule has 0 aliphatic carbocycles. The van der Waals surface area contributed by atoms with Gasteiger partial charge in [0.15, 0.2) is 0 Å². The lowest BCUT2D eigenvalue weighted by atomic mass is 10.0. The number of hydrogen-bond acceptors (Lipinski definition) is 4. The van der Waals surface area contributed by atoms with Gasteiger partial charge in [0.25, 0.3) is 0 Å². The molecule has 1 aliphatic heterocycles.